The molecule has 31 heavy (non-hydrogen) atoms. The molecule has 7 heteroatoms. The number of carbonyl (C=O) groups is 2. The molecular weight excluding hydrogens is 416 g/mol. The van der Waals surface area contributed by atoms with Gasteiger partial charge in [0.1, 0.15) is 5.70 Å². The van der Waals surface area contributed by atoms with E-state index >= 15 is 0 Å². The number of methoxy groups -OCH3 is 2. The molecule has 0 fully saturated rings. The molecule has 0 aliphatic carbocycles. The second-order valence-electron chi connectivity index (χ2n) is 7.39. The number of ether oxygens (including phenoxy) is 2. The van der Waals surface area contributed by atoms with Crippen LogP contribution in [0.1, 0.15) is 16.7 Å². The van der Waals surface area contributed by atoms with E-state index in [1.807, 2.05) is 36.1 Å². The Balaban J connectivity index is 2.02. The van der Waals surface area contributed by atoms with Crippen LogP contribution in [0.25, 0.3) is 5.57 Å². The summed E-state index contributed by atoms with van der Waals surface area (Å²) in [6.07, 6.45) is 0. The molecule has 0 N–H and O–H groups in total. The van der Waals surface area contributed by atoms with Gasteiger partial charge in [-0.1, -0.05) is 53.6 Å². The van der Waals surface area contributed by atoms with Crippen molar-refractivity contribution in [2.24, 2.45) is 0 Å². The number of aryl methyl sites for hydroxylation is 1. The van der Waals surface area contributed by atoms with E-state index < -0.39 is 0 Å². The number of rotatable bonds is 10. The molecule has 3 rings (SSSR count). The van der Waals surface area contributed by atoms with E-state index in [9.17, 15) is 9.59 Å². The number of benzene rings is 2. The molecule has 2 amide bonds. The van der Waals surface area contributed by atoms with E-state index in [1.54, 1.807) is 38.5 Å². The Morgan fingerprint density at radius 3 is 2.00 bits per heavy atom. The van der Waals surface area contributed by atoms with E-state index in [0.29, 0.717) is 48.2 Å². The summed E-state index contributed by atoms with van der Waals surface area (Å²) in [4.78, 5) is 30.1. The lowest BCUT2D eigenvalue weighted by atomic mass is 10.0. The van der Waals surface area contributed by atoms with E-state index in [0.717, 1.165) is 11.1 Å². The summed E-state index contributed by atoms with van der Waals surface area (Å²) in [7, 11) is 3.21. The number of halogens is 1. The summed E-state index contributed by atoms with van der Waals surface area (Å²) in [5.41, 5.74) is 3.41. The topological polar surface area (TPSA) is 59.1 Å². The van der Waals surface area contributed by atoms with Gasteiger partial charge in [-0.25, -0.2) is 0 Å². The fourth-order valence-electron chi connectivity index (χ4n) is 3.49. The molecule has 0 aromatic heterocycles. The normalized spacial score (nSPS) is 14.0. The number of amides is 2. The molecule has 2 aromatic rings. The summed E-state index contributed by atoms with van der Waals surface area (Å²) in [6.45, 7) is 3.97. The first-order valence-corrected chi connectivity index (χ1v) is 10.5. The van der Waals surface area contributed by atoms with Gasteiger partial charge < -0.3 is 14.4 Å². The van der Waals surface area contributed by atoms with Gasteiger partial charge in [0.05, 0.1) is 25.3 Å². The minimum absolute atomic E-state index is 0.209. The first-order valence-electron chi connectivity index (χ1n) is 10.1. The standard InChI is InChI=1S/C24H27ClN2O4/c1-17-4-6-18(7-5-17)16-27-23(28)21(19-8-10-20(25)11-9-19)22(24(27)29)26(12-14-30-2)13-15-31-3/h4-11H,12-16H2,1-3H3. The van der Waals surface area contributed by atoms with Crippen LogP contribution in [-0.4, -0.2) is 62.1 Å². The quantitative estimate of drug-likeness (QED) is 0.527. The molecule has 0 saturated heterocycles. The average molecular weight is 443 g/mol. The zero-order valence-corrected chi connectivity index (χ0v) is 18.8. The predicted octanol–water partition coefficient (Wildman–Crippen LogP) is 3.52. The molecule has 6 nitrogen and oxygen atoms in total. The maximum Gasteiger partial charge on any atom is 0.278 e. The van der Waals surface area contributed by atoms with Crippen LogP contribution in [0.5, 0.6) is 0 Å². The second-order valence-corrected chi connectivity index (χ2v) is 7.82. The smallest absolute Gasteiger partial charge is 0.278 e. The molecule has 2 aromatic carbocycles. The van der Waals surface area contributed by atoms with Crippen molar-refractivity contribution in [3.8, 4) is 0 Å². The summed E-state index contributed by atoms with van der Waals surface area (Å²) < 4.78 is 10.5. The third kappa shape index (κ3) is 5.34. The van der Waals surface area contributed by atoms with Crippen LogP contribution in [0.2, 0.25) is 5.02 Å². The van der Waals surface area contributed by atoms with Gasteiger partial charge >= 0.3 is 0 Å². The summed E-state index contributed by atoms with van der Waals surface area (Å²) >= 11 is 6.05. The molecule has 0 spiro atoms. The Kier molecular flexibility index (Phi) is 7.85. The Bertz CT molecular complexity index is 947. The van der Waals surface area contributed by atoms with E-state index in [2.05, 4.69) is 0 Å². The van der Waals surface area contributed by atoms with Crippen LogP contribution in [0, 0.1) is 6.92 Å². The fraction of sp³-hybridized carbons (Fsp3) is 0.333. The number of hydrogen-bond donors (Lipinski definition) is 0. The molecule has 164 valence electrons. The lowest BCUT2D eigenvalue weighted by molar-refractivity contribution is -0.138. The number of hydrogen-bond acceptors (Lipinski definition) is 5. The zero-order chi connectivity index (χ0) is 22.4. The number of imide groups is 1. The second kappa shape index (κ2) is 10.6. The van der Waals surface area contributed by atoms with Crippen molar-refractivity contribution in [1.29, 1.82) is 0 Å². The van der Waals surface area contributed by atoms with Crippen molar-refractivity contribution in [1.82, 2.24) is 9.80 Å². The van der Waals surface area contributed by atoms with Crippen LogP contribution in [0.4, 0.5) is 0 Å². The minimum Gasteiger partial charge on any atom is -0.383 e. The van der Waals surface area contributed by atoms with E-state index in [1.165, 1.54) is 4.90 Å². The Labute approximate surface area is 188 Å². The van der Waals surface area contributed by atoms with Crippen molar-refractivity contribution < 1.29 is 19.1 Å². The van der Waals surface area contributed by atoms with Crippen LogP contribution in [0.3, 0.4) is 0 Å². The minimum atomic E-state index is -0.317. The molecule has 1 aliphatic rings. The summed E-state index contributed by atoms with van der Waals surface area (Å²) in [5, 5.41) is 0.565. The van der Waals surface area contributed by atoms with Gasteiger partial charge in [-0.3, -0.25) is 14.5 Å². The highest BCUT2D eigenvalue weighted by Gasteiger charge is 2.41. The van der Waals surface area contributed by atoms with Gasteiger partial charge in [0.25, 0.3) is 11.8 Å². The first-order chi connectivity index (χ1) is 15.0. The van der Waals surface area contributed by atoms with Crippen molar-refractivity contribution >= 4 is 29.0 Å². The van der Waals surface area contributed by atoms with Gasteiger partial charge in [-0.15, -0.1) is 0 Å². The average Bonchev–Trinajstić information content (AvgIpc) is 3.01. The highest BCUT2D eigenvalue weighted by molar-refractivity contribution is 6.35. The van der Waals surface area contributed by atoms with Gasteiger partial charge in [-0.2, -0.15) is 0 Å². The van der Waals surface area contributed by atoms with Crippen molar-refractivity contribution in [3.05, 3.63) is 75.9 Å². The Morgan fingerprint density at radius 1 is 0.871 bits per heavy atom. The largest absolute Gasteiger partial charge is 0.383 e. The van der Waals surface area contributed by atoms with Gasteiger partial charge in [0.2, 0.25) is 0 Å². The van der Waals surface area contributed by atoms with Crippen molar-refractivity contribution in [3.63, 3.8) is 0 Å². The molecule has 1 heterocycles. The van der Waals surface area contributed by atoms with Crippen molar-refractivity contribution in [2.45, 2.75) is 13.5 Å². The molecule has 0 saturated carbocycles. The Morgan fingerprint density at radius 2 is 1.45 bits per heavy atom. The van der Waals surface area contributed by atoms with Gasteiger partial charge in [0, 0.05) is 32.3 Å². The molecule has 0 bridgehead atoms. The highest BCUT2D eigenvalue weighted by Crippen LogP contribution is 2.33. The predicted molar refractivity (Wildman–Crippen MR) is 120 cm³/mol. The van der Waals surface area contributed by atoms with E-state index in [4.69, 9.17) is 21.1 Å². The number of carbonyl (C=O) groups excluding carboxylic acids is 2. The van der Waals surface area contributed by atoms with Gasteiger partial charge in [0.15, 0.2) is 0 Å². The molecular formula is C24H27ClN2O4. The molecule has 0 unspecified atom stereocenters. The molecule has 0 atom stereocenters. The fourth-order valence-corrected chi connectivity index (χ4v) is 3.62. The summed E-state index contributed by atoms with van der Waals surface area (Å²) in [6, 6.07) is 14.8. The van der Waals surface area contributed by atoms with Crippen molar-refractivity contribution in [2.75, 3.05) is 40.5 Å². The monoisotopic (exact) mass is 442 g/mol. The zero-order valence-electron chi connectivity index (χ0n) is 18.1. The maximum atomic E-state index is 13.5. The molecule has 1 aliphatic heterocycles. The Hall–Kier alpha value is -2.67. The number of nitrogens with zero attached hydrogens (tertiary/aromatic N) is 2. The van der Waals surface area contributed by atoms with Crippen LogP contribution < -0.4 is 0 Å². The molecule has 0 radical (unpaired) electrons. The van der Waals surface area contributed by atoms with Crippen LogP contribution >= 0.6 is 11.6 Å². The maximum absolute atomic E-state index is 13.5. The van der Waals surface area contributed by atoms with Crippen LogP contribution in [0.15, 0.2) is 54.2 Å². The van der Waals surface area contributed by atoms with E-state index in [-0.39, 0.29) is 18.4 Å². The lowest BCUT2D eigenvalue weighted by Gasteiger charge is -2.25. The third-order valence-electron chi connectivity index (χ3n) is 5.18. The summed E-state index contributed by atoms with van der Waals surface area (Å²) in [5.74, 6) is -0.634. The van der Waals surface area contributed by atoms with Crippen LogP contribution in [-0.2, 0) is 25.6 Å². The SMILES string of the molecule is COCCN(CCOC)C1=C(c2ccc(Cl)cc2)C(=O)N(Cc2ccc(C)cc2)C1=O. The lowest BCUT2D eigenvalue weighted by Crippen LogP contribution is -2.37. The van der Waals surface area contributed by atoms with Gasteiger partial charge in [-0.05, 0) is 30.2 Å². The highest BCUT2D eigenvalue weighted by atomic mass is 35.5. The first kappa shape index (κ1) is 23.0. The third-order valence-corrected chi connectivity index (χ3v) is 5.44.